The maximum absolute atomic E-state index is 13.0. The fourth-order valence-electron chi connectivity index (χ4n) is 3.45. The molecule has 136 valence electrons. The number of phenolic OH excluding ortho intramolecular Hbond substituents is 1. The molecule has 1 aromatic carbocycles. The molecule has 2 aliphatic heterocycles. The van der Waals surface area contributed by atoms with Gasteiger partial charge >= 0.3 is 0 Å². The summed E-state index contributed by atoms with van der Waals surface area (Å²) in [6, 6.07) is 7.52. The van der Waals surface area contributed by atoms with Crippen LogP contribution in [0.4, 0.5) is 0 Å². The van der Waals surface area contributed by atoms with Gasteiger partial charge in [0, 0.05) is 24.8 Å². The first-order valence-electron chi connectivity index (χ1n) is 8.61. The van der Waals surface area contributed by atoms with Gasteiger partial charge in [-0.2, -0.15) is 5.10 Å². The van der Waals surface area contributed by atoms with Crippen LogP contribution >= 0.6 is 0 Å². The summed E-state index contributed by atoms with van der Waals surface area (Å²) >= 11 is 0. The van der Waals surface area contributed by atoms with Gasteiger partial charge in [0.25, 0.3) is 5.91 Å². The molecule has 0 bridgehead atoms. The highest BCUT2D eigenvalue weighted by atomic mass is 16.5. The summed E-state index contributed by atoms with van der Waals surface area (Å²) in [7, 11) is 0. The van der Waals surface area contributed by atoms with Gasteiger partial charge in [0.1, 0.15) is 11.8 Å². The van der Waals surface area contributed by atoms with Crippen molar-refractivity contribution in [3.8, 4) is 5.75 Å². The summed E-state index contributed by atoms with van der Waals surface area (Å²) in [4.78, 5) is 29.3. The Morgan fingerprint density at radius 1 is 1.15 bits per heavy atom. The molecule has 0 spiro atoms. The molecule has 8 heteroatoms. The minimum atomic E-state index is -0.548. The lowest BCUT2D eigenvalue weighted by atomic mass is 10.1. The Morgan fingerprint density at radius 3 is 2.73 bits per heavy atom. The molecule has 0 saturated carbocycles. The quantitative estimate of drug-likeness (QED) is 0.853. The zero-order valence-corrected chi connectivity index (χ0v) is 14.2. The van der Waals surface area contributed by atoms with Gasteiger partial charge in [0.2, 0.25) is 5.91 Å². The molecule has 2 aromatic rings. The third-order valence-corrected chi connectivity index (χ3v) is 4.78. The number of carbonyl (C=O) groups is 2. The van der Waals surface area contributed by atoms with Crippen molar-refractivity contribution in [2.45, 2.75) is 12.6 Å². The zero-order valence-electron chi connectivity index (χ0n) is 14.2. The number of hydrogen-bond donors (Lipinski definition) is 1. The second-order valence-electron chi connectivity index (χ2n) is 6.46. The molecule has 8 nitrogen and oxygen atoms in total. The molecule has 1 fully saturated rings. The van der Waals surface area contributed by atoms with E-state index in [0.717, 1.165) is 5.69 Å². The van der Waals surface area contributed by atoms with Crippen molar-refractivity contribution in [2.75, 3.05) is 32.8 Å². The SMILES string of the molecule is O=C(c1cccc(O)c1)N1Cc2ccnn2C(C(=O)N2CCOCC2)C1. The van der Waals surface area contributed by atoms with E-state index >= 15 is 0 Å². The standard InChI is InChI=1S/C18H20N4O4/c23-15-3-1-2-13(10-15)17(24)21-11-14-4-5-19-22(14)16(12-21)18(25)20-6-8-26-9-7-20/h1-5,10,16,23H,6-9,11-12H2. The van der Waals surface area contributed by atoms with Crippen molar-refractivity contribution in [2.24, 2.45) is 0 Å². The number of amides is 2. The van der Waals surface area contributed by atoms with Crippen LogP contribution < -0.4 is 0 Å². The Bertz CT molecular complexity index is 828. The Kier molecular flexibility index (Phi) is 4.34. The van der Waals surface area contributed by atoms with Gasteiger partial charge in [-0.05, 0) is 24.3 Å². The number of carbonyl (C=O) groups excluding carboxylic acids is 2. The summed E-state index contributed by atoms with van der Waals surface area (Å²) in [6.07, 6.45) is 1.65. The summed E-state index contributed by atoms with van der Waals surface area (Å²) in [5, 5.41) is 13.9. The Labute approximate surface area is 150 Å². The van der Waals surface area contributed by atoms with Crippen molar-refractivity contribution < 1.29 is 19.4 Å². The minimum absolute atomic E-state index is 0.0406. The summed E-state index contributed by atoms with van der Waals surface area (Å²) in [5.41, 5.74) is 1.21. The number of rotatable bonds is 2. The maximum Gasteiger partial charge on any atom is 0.254 e. The van der Waals surface area contributed by atoms with Crippen LogP contribution in [0, 0.1) is 0 Å². The molecule has 26 heavy (non-hydrogen) atoms. The van der Waals surface area contributed by atoms with Crippen molar-refractivity contribution in [1.82, 2.24) is 19.6 Å². The van der Waals surface area contributed by atoms with E-state index in [4.69, 9.17) is 4.74 Å². The average molecular weight is 356 g/mol. The largest absolute Gasteiger partial charge is 0.508 e. The average Bonchev–Trinajstić information content (AvgIpc) is 3.15. The number of aromatic hydroxyl groups is 1. The highest BCUT2D eigenvalue weighted by molar-refractivity contribution is 5.95. The van der Waals surface area contributed by atoms with Crippen LogP contribution in [0.2, 0.25) is 0 Å². The Hall–Kier alpha value is -2.87. The van der Waals surface area contributed by atoms with Crippen molar-refractivity contribution in [3.05, 3.63) is 47.8 Å². The van der Waals surface area contributed by atoms with E-state index in [1.807, 2.05) is 6.07 Å². The van der Waals surface area contributed by atoms with E-state index in [9.17, 15) is 14.7 Å². The summed E-state index contributed by atoms with van der Waals surface area (Å²) in [6.45, 7) is 2.77. The van der Waals surface area contributed by atoms with Crippen LogP contribution in [-0.2, 0) is 16.1 Å². The molecular weight excluding hydrogens is 336 g/mol. The highest BCUT2D eigenvalue weighted by Gasteiger charge is 2.36. The smallest absolute Gasteiger partial charge is 0.254 e. The lowest BCUT2D eigenvalue weighted by Crippen LogP contribution is -2.50. The topological polar surface area (TPSA) is 87.9 Å². The molecule has 2 amide bonds. The van der Waals surface area contributed by atoms with Gasteiger partial charge in [0.15, 0.2) is 0 Å². The molecule has 1 saturated heterocycles. The van der Waals surface area contributed by atoms with Crippen molar-refractivity contribution in [3.63, 3.8) is 0 Å². The second kappa shape index (κ2) is 6.80. The van der Waals surface area contributed by atoms with Crippen LogP contribution in [0.5, 0.6) is 5.75 Å². The van der Waals surface area contributed by atoms with Gasteiger partial charge in [-0.15, -0.1) is 0 Å². The maximum atomic E-state index is 13.0. The summed E-state index contributed by atoms with van der Waals surface area (Å²) in [5.74, 6) is -0.223. The number of hydrogen-bond acceptors (Lipinski definition) is 5. The van der Waals surface area contributed by atoms with E-state index < -0.39 is 6.04 Å². The first-order valence-corrected chi connectivity index (χ1v) is 8.61. The van der Waals surface area contributed by atoms with Crippen LogP contribution in [0.15, 0.2) is 36.5 Å². The van der Waals surface area contributed by atoms with Gasteiger partial charge in [-0.1, -0.05) is 6.07 Å². The molecule has 1 aromatic heterocycles. The van der Waals surface area contributed by atoms with Crippen molar-refractivity contribution >= 4 is 11.8 Å². The van der Waals surface area contributed by atoms with E-state index in [0.29, 0.717) is 38.4 Å². The van der Waals surface area contributed by atoms with Crippen LogP contribution in [0.1, 0.15) is 22.1 Å². The second-order valence-corrected chi connectivity index (χ2v) is 6.46. The molecule has 0 aliphatic carbocycles. The number of nitrogens with zero attached hydrogens (tertiary/aromatic N) is 4. The van der Waals surface area contributed by atoms with Crippen LogP contribution in [0.3, 0.4) is 0 Å². The molecule has 2 aliphatic rings. The molecule has 1 atom stereocenters. The molecule has 3 heterocycles. The molecule has 1 unspecified atom stereocenters. The molecular formula is C18H20N4O4. The fraction of sp³-hybridized carbons (Fsp3) is 0.389. The number of ether oxygens (including phenoxy) is 1. The number of morpholine rings is 1. The van der Waals surface area contributed by atoms with Gasteiger partial charge < -0.3 is 19.6 Å². The van der Waals surface area contributed by atoms with E-state index in [2.05, 4.69) is 5.10 Å². The lowest BCUT2D eigenvalue weighted by molar-refractivity contribution is -0.140. The number of benzene rings is 1. The fourth-order valence-corrected chi connectivity index (χ4v) is 3.45. The van der Waals surface area contributed by atoms with Gasteiger partial charge in [-0.3, -0.25) is 14.3 Å². The van der Waals surface area contributed by atoms with E-state index in [-0.39, 0.29) is 24.1 Å². The monoisotopic (exact) mass is 356 g/mol. The lowest BCUT2D eigenvalue weighted by Gasteiger charge is -2.36. The third-order valence-electron chi connectivity index (χ3n) is 4.78. The van der Waals surface area contributed by atoms with Gasteiger partial charge in [0.05, 0.1) is 32.0 Å². The molecule has 1 N–H and O–H groups in total. The molecule has 0 radical (unpaired) electrons. The summed E-state index contributed by atoms with van der Waals surface area (Å²) < 4.78 is 7.03. The van der Waals surface area contributed by atoms with Crippen molar-refractivity contribution in [1.29, 1.82) is 0 Å². The first-order chi connectivity index (χ1) is 12.6. The van der Waals surface area contributed by atoms with E-state index in [1.165, 1.54) is 12.1 Å². The number of fused-ring (bicyclic) bond motifs is 1. The Morgan fingerprint density at radius 2 is 1.96 bits per heavy atom. The van der Waals surface area contributed by atoms with Gasteiger partial charge in [-0.25, -0.2) is 0 Å². The van der Waals surface area contributed by atoms with Crippen LogP contribution in [0.25, 0.3) is 0 Å². The molecule has 4 rings (SSSR count). The predicted molar refractivity (Wildman–Crippen MR) is 91.5 cm³/mol. The first kappa shape index (κ1) is 16.6. The predicted octanol–water partition coefficient (Wildman–Crippen LogP) is 0.645. The normalized spacial score (nSPS) is 19.9. The number of phenols is 1. The minimum Gasteiger partial charge on any atom is -0.508 e. The third kappa shape index (κ3) is 3.03. The highest BCUT2D eigenvalue weighted by Crippen LogP contribution is 2.25. The van der Waals surface area contributed by atoms with E-state index in [1.54, 1.807) is 32.8 Å². The number of aromatic nitrogens is 2. The Balaban J connectivity index is 1.59. The van der Waals surface area contributed by atoms with Crippen LogP contribution in [-0.4, -0.2) is 69.3 Å². The zero-order chi connectivity index (χ0) is 18.1.